The number of carbonyl (C=O) groups is 3. The number of anilines is 1. The van der Waals surface area contributed by atoms with Gasteiger partial charge in [0.25, 0.3) is 0 Å². The standard InChI is InChI=1S/C23H33N5O3.C2HF3O2/c29-21(25-12-14-31-15-13-25)23-7-5-11-27(22(30)26-9-3-4-10-26)16-19(23)17-28(18-23)20-6-1-2-8-24-20;3-2(4,5)1(6)7/h1-2,6,8,19H,3-5,7,9-18H2;(H,6,7)/t19-,23-;/m0./s1. The summed E-state index contributed by atoms with van der Waals surface area (Å²) in [5, 5.41) is 7.12. The molecule has 1 N–H and O–H groups in total. The summed E-state index contributed by atoms with van der Waals surface area (Å²) in [4.78, 5) is 48.8. The summed E-state index contributed by atoms with van der Waals surface area (Å²) >= 11 is 0. The highest BCUT2D eigenvalue weighted by molar-refractivity contribution is 5.85. The van der Waals surface area contributed by atoms with Crippen LogP contribution in [-0.4, -0.2) is 114 Å². The number of aromatic nitrogens is 1. The molecular weight excluding hydrogens is 507 g/mol. The molecule has 4 aliphatic rings. The highest BCUT2D eigenvalue weighted by Gasteiger charge is 2.55. The third-order valence-electron chi connectivity index (χ3n) is 7.77. The van der Waals surface area contributed by atoms with Crippen molar-refractivity contribution in [3.8, 4) is 0 Å². The number of hydrogen-bond acceptors (Lipinski definition) is 6. The highest BCUT2D eigenvalue weighted by Crippen LogP contribution is 2.45. The number of rotatable bonds is 2. The first-order valence-electron chi connectivity index (χ1n) is 13.0. The summed E-state index contributed by atoms with van der Waals surface area (Å²) in [6.45, 7) is 7.08. The van der Waals surface area contributed by atoms with E-state index in [1.807, 2.05) is 39.1 Å². The molecule has 0 spiro atoms. The molecule has 38 heavy (non-hydrogen) atoms. The largest absolute Gasteiger partial charge is 0.490 e. The topological polar surface area (TPSA) is 107 Å². The van der Waals surface area contributed by atoms with E-state index in [0.29, 0.717) is 39.4 Å². The molecule has 2 atom stereocenters. The fourth-order valence-corrected chi connectivity index (χ4v) is 5.86. The fourth-order valence-electron chi connectivity index (χ4n) is 5.86. The molecule has 0 unspecified atom stereocenters. The van der Waals surface area contributed by atoms with Gasteiger partial charge >= 0.3 is 18.2 Å². The second kappa shape index (κ2) is 11.7. The Balaban J connectivity index is 0.000000426. The maximum atomic E-state index is 13.9. The average Bonchev–Trinajstić information content (AvgIpc) is 3.54. The van der Waals surface area contributed by atoms with E-state index >= 15 is 0 Å². The van der Waals surface area contributed by atoms with Crippen LogP contribution in [0.4, 0.5) is 23.8 Å². The number of urea groups is 1. The number of pyridine rings is 1. The number of carbonyl (C=O) groups excluding carboxylic acids is 2. The zero-order valence-electron chi connectivity index (χ0n) is 21.2. The minimum absolute atomic E-state index is 0.110. The van der Waals surface area contributed by atoms with Crippen LogP contribution in [0, 0.1) is 11.3 Å². The molecule has 5 heterocycles. The molecule has 13 heteroatoms. The Morgan fingerprint density at radius 2 is 1.61 bits per heavy atom. The maximum Gasteiger partial charge on any atom is 0.490 e. The fraction of sp³-hybridized carbons (Fsp3) is 0.680. The monoisotopic (exact) mass is 541 g/mol. The van der Waals surface area contributed by atoms with Crippen LogP contribution < -0.4 is 4.90 Å². The van der Waals surface area contributed by atoms with Gasteiger partial charge in [0.2, 0.25) is 5.91 Å². The van der Waals surface area contributed by atoms with E-state index in [2.05, 4.69) is 9.88 Å². The van der Waals surface area contributed by atoms with Crippen molar-refractivity contribution in [1.29, 1.82) is 0 Å². The SMILES string of the molecule is O=C(N1CCCC1)N1CCC[C@]2(C(=O)N3CCOCC3)CN(c3ccccn3)C[C@@H]2C1.O=C(O)C(F)(F)F. The number of ether oxygens (including phenoxy) is 1. The number of halogens is 3. The van der Waals surface area contributed by atoms with Gasteiger partial charge in [-0.3, -0.25) is 4.79 Å². The lowest BCUT2D eigenvalue weighted by Gasteiger charge is -2.39. The molecule has 1 aromatic rings. The summed E-state index contributed by atoms with van der Waals surface area (Å²) in [5.74, 6) is -1.48. The summed E-state index contributed by atoms with van der Waals surface area (Å²) in [6.07, 6.45) is 0.595. The zero-order valence-corrected chi connectivity index (χ0v) is 21.2. The summed E-state index contributed by atoms with van der Waals surface area (Å²) in [5.41, 5.74) is -0.463. The van der Waals surface area contributed by atoms with Crippen LogP contribution in [0.2, 0.25) is 0 Å². The number of carboxylic acid groups (broad SMARTS) is 1. The van der Waals surface area contributed by atoms with Gasteiger partial charge in [-0.1, -0.05) is 6.07 Å². The summed E-state index contributed by atoms with van der Waals surface area (Å²) in [7, 11) is 0. The number of nitrogens with zero attached hydrogens (tertiary/aromatic N) is 5. The van der Waals surface area contributed by atoms with Crippen molar-refractivity contribution >= 4 is 23.7 Å². The van der Waals surface area contributed by atoms with E-state index in [-0.39, 0.29) is 17.9 Å². The molecule has 4 aliphatic heterocycles. The first-order chi connectivity index (χ1) is 18.1. The summed E-state index contributed by atoms with van der Waals surface area (Å²) < 4.78 is 37.2. The van der Waals surface area contributed by atoms with Gasteiger partial charge < -0.3 is 29.4 Å². The smallest absolute Gasteiger partial charge is 0.475 e. The van der Waals surface area contributed by atoms with Crippen molar-refractivity contribution in [3.05, 3.63) is 24.4 Å². The van der Waals surface area contributed by atoms with Crippen LogP contribution in [0.5, 0.6) is 0 Å². The number of likely N-dealkylation sites (tertiary alicyclic amines) is 2. The third-order valence-corrected chi connectivity index (χ3v) is 7.77. The molecular formula is C25H34F3N5O5. The van der Waals surface area contributed by atoms with Gasteiger partial charge in [0.1, 0.15) is 5.82 Å². The molecule has 5 rings (SSSR count). The molecule has 210 valence electrons. The van der Waals surface area contributed by atoms with Crippen molar-refractivity contribution in [1.82, 2.24) is 19.7 Å². The Hall–Kier alpha value is -3.09. The lowest BCUT2D eigenvalue weighted by molar-refractivity contribution is -0.192. The van der Waals surface area contributed by atoms with Gasteiger partial charge in [-0.25, -0.2) is 14.6 Å². The predicted molar refractivity (Wildman–Crippen MR) is 130 cm³/mol. The minimum Gasteiger partial charge on any atom is -0.475 e. The van der Waals surface area contributed by atoms with Crippen LogP contribution in [-0.2, 0) is 14.3 Å². The number of fused-ring (bicyclic) bond motifs is 1. The number of carboxylic acids is 1. The van der Waals surface area contributed by atoms with Gasteiger partial charge in [0.05, 0.1) is 18.6 Å². The van der Waals surface area contributed by atoms with E-state index in [0.717, 1.165) is 57.7 Å². The highest BCUT2D eigenvalue weighted by atomic mass is 19.4. The van der Waals surface area contributed by atoms with Gasteiger partial charge in [-0.05, 0) is 37.8 Å². The third kappa shape index (κ3) is 6.13. The lowest BCUT2D eigenvalue weighted by atomic mass is 9.73. The minimum atomic E-state index is -5.08. The van der Waals surface area contributed by atoms with E-state index < -0.39 is 17.6 Å². The van der Waals surface area contributed by atoms with Gasteiger partial charge in [-0.2, -0.15) is 13.2 Å². The molecule has 10 nitrogen and oxygen atoms in total. The van der Waals surface area contributed by atoms with Crippen LogP contribution in [0.25, 0.3) is 0 Å². The zero-order chi connectivity index (χ0) is 27.3. The quantitative estimate of drug-likeness (QED) is 0.613. The Labute approximate surface area is 219 Å². The maximum absolute atomic E-state index is 13.9. The van der Waals surface area contributed by atoms with E-state index in [4.69, 9.17) is 14.6 Å². The summed E-state index contributed by atoms with van der Waals surface area (Å²) in [6, 6.07) is 6.09. The number of hydrogen-bond donors (Lipinski definition) is 1. The second-order valence-electron chi connectivity index (χ2n) is 10.2. The molecule has 4 saturated heterocycles. The van der Waals surface area contributed by atoms with Crippen LogP contribution in [0.15, 0.2) is 24.4 Å². The lowest BCUT2D eigenvalue weighted by Crippen LogP contribution is -2.53. The molecule has 4 fully saturated rings. The van der Waals surface area contributed by atoms with Crippen LogP contribution in [0.3, 0.4) is 0 Å². The number of morpholine rings is 1. The van der Waals surface area contributed by atoms with E-state index in [1.54, 1.807) is 0 Å². The Bertz CT molecular complexity index is 985. The number of alkyl halides is 3. The molecule has 0 radical (unpaired) electrons. The van der Waals surface area contributed by atoms with Crippen LogP contribution >= 0.6 is 0 Å². The molecule has 0 aromatic carbocycles. The van der Waals surface area contributed by atoms with E-state index in [9.17, 15) is 22.8 Å². The van der Waals surface area contributed by atoms with Crippen LogP contribution in [0.1, 0.15) is 25.7 Å². The Morgan fingerprint density at radius 3 is 2.21 bits per heavy atom. The Kier molecular flexibility index (Phi) is 8.64. The van der Waals surface area contributed by atoms with E-state index in [1.165, 1.54) is 0 Å². The molecule has 1 aromatic heterocycles. The van der Waals surface area contributed by atoms with Gasteiger partial charge in [-0.15, -0.1) is 0 Å². The first-order valence-corrected chi connectivity index (χ1v) is 13.0. The number of amides is 3. The molecule has 3 amide bonds. The van der Waals surface area contributed by atoms with Gasteiger partial charge in [0, 0.05) is 64.5 Å². The average molecular weight is 542 g/mol. The molecule has 0 saturated carbocycles. The second-order valence-corrected chi connectivity index (χ2v) is 10.2. The van der Waals surface area contributed by atoms with Crippen molar-refractivity contribution in [3.63, 3.8) is 0 Å². The van der Waals surface area contributed by atoms with Gasteiger partial charge in [0.15, 0.2) is 0 Å². The van der Waals surface area contributed by atoms with Crippen molar-refractivity contribution in [2.45, 2.75) is 31.9 Å². The normalized spacial score (nSPS) is 25.8. The molecule has 0 bridgehead atoms. The van der Waals surface area contributed by atoms with Crippen molar-refractivity contribution in [2.24, 2.45) is 11.3 Å². The molecule has 0 aliphatic carbocycles. The Morgan fingerprint density at radius 1 is 0.947 bits per heavy atom. The van der Waals surface area contributed by atoms with Crippen molar-refractivity contribution in [2.75, 3.05) is 70.5 Å². The number of aliphatic carboxylic acids is 1. The predicted octanol–water partition coefficient (Wildman–Crippen LogP) is 2.31. The first kappa shape index (κ1) is 27.9. The van der Waals surface area contributed by atoms with Crippen molar-refractivity contribution < 1.29 is 37.4 Å².